The van der Waals surface area contributed by atoms with Crippen molar-refractivity contribution >= 4 is 14.0 Å². The summed E-state index contributed by atoms with van der Waals surface area (Å²) in [4.78, 5) is 10.6. The van der Waals surface area contributed by atoms with Gasteiger partial charge in [-0.05, 0) is 42.3 Å². The molecule has 34 heavy (non-hydrogen) atoms. The van der Waals surface area contributed by atoms with E-state index in [9.17, 15) is 18.9 Å². The van der Waals surface area contributed by atoms with Crippen LogP contribution in [0, 0.1) is 17.7 Å². The second-order valence-corrected chi connectivity index (χ2v) is 9.38. The highest BCUT2D eigenvalue weighted by atomic mass is 31.1. The van der Waals surface area contributed by atoms with E-state index >= 15 is 0 Å². The number of carboxylic acids is 1. The largest absolute Gasteiger partial charge is 0.481 e. The highest BCUT2D eigenvalue weighted by Gasteiger charge is 2.21. The molecule has 0 aliphatic heterocycles. The average Bonchev–Trinajstić information content (AvgIpc) is 3.17. The second-order valence-electron chi connectivity index (χ2n) is 7.94. The maximum atomic E-state index is 13.6. The smallest absolute Gasteiger partial charge is 0.305 e. The molecule has 7 nitrogen and oxygen atoms in total. The predicted molar refractivity (Wildman–Crippen MR) is 128 cm³/mol. The molecule has 0 bridgehead atoms. The van der Waals surface area contributed by atoms with Gasteiger partial charge in [0.25, 0.3) is 0 Å². The lowest BCUT2D eigenvalue weighted by molar-refractivity contribution is -0.138. The molecule has 2 atom stereocenters. The van der Waals surface area contributed by atoms with Crippen LogP contribution in [0.25, 0.3) is 16.9 Å². The summed E-state index contributed by atoms with van der Waals surface area (Å²) >= 11 is 0. The lowest BCUT2D eigenvalue weighted by Gasteiger charge is -2.08. The summed E-state index contributed by atoms with van der Waals surface area (Å²) in [7, 11) is -2.65. The molecule has 0 spiro atoms. The van der Waals surface area contributed by atoms with Crippen molar-refractivity contribution in [3.63, 3.8) is 0 Å². The van der Waals surface area contributed by atoms with E-state index in [0.717, 1.165) is 16.9 Å². The first-order chi connectivity index (χ1) is 16.3. The van der Waals surface area contributed by atoms with E-state index in [4.69, 9.17) is 14.7 Å². The molecule has 2 N–H and O–H groups in total. The van der Waals surface area contributed by atoms with Gasteiger partial charge in [-0.3, -0.25) is 9.36 Å². The first-order valence-electron chi connectivity index (χ1n) is 10.7. The van der Waals surface area contributed by atoms with Gasteiger partial charge in [-0.15, -0.1) is 0 Å². The van der Waals surface area contributed by atoms with E-state index in [0.29, 0.717) is 11.3 Å². The van der Waals surface area contributed by atoms with Crippen LogP contribution in [-0.4, -0.2) is 44.8 Å². The quantitative estimate of drug-likeness (QED) is 0.343. The number of hydrogen-bond acceptors (Lipinski definition) is 5. The van der Waals surface area contributed by atoms with Crippen molar-refractivity contribution in [1.29, 1.82) is 0 Å². The SMILES string of the molecule is CC(C)c1nn(-c2ccccc2)c(-c2ccc(F)cc2)c1C#CCO[PH](=O)CC(O)CC(=O)O. The van der Waals surface area contributed by atoms with Gasteiger partial charge in [-0.1, -0.05) is 43.9 Å². The van der Waals surface area contributed by atoms with Crippen LogP contribution >= 0.6 is 8.03 Å². The first-order valence-corrected chi connectivity index (χ1v) is 12.3. The van der Waals surface area contributed by atoms with Crippen LogP contribution in [0.1, 0.15) is 37.4 Å². The van der Waals surface area contributed by atoms with Crippen LogP contribution in [-0.2, 0) is 13.9 Å². The molecule has 0 radical (unpaired) electrons. The fraction of sp³-hybridized carbons (Fsp3) is 0.280. The van der Waals surface area contributed by atoms with Gasteiger partial charge in [-0.25, -0.2) is 9.07 Å². The fourth-order valence-electron chi connectivity index (χ4n) is 3.36. The molecule has 0 aliphatic rings. The number of rotatable bonds is 9. The molecule has 0 saturated carbocycles. The Morgan fingerprint density at radius 3 is 2.47 bits per heavy atom. The zero-order valence-corrected chi connectivity index (χ0v) is 19.9. The average molecular weight is 484 g/mol. The summed E-state index contributed by atoms with van der Waals surface area (Å²) in [5, 5.41) is 23.1. The summed E-state index contributed by atoms with van der Waals surface area (Å²) in [6.07, 6.45) is -1.98. The van der Waals surface area contributed by atoms with Gasteiger partial charge >= 0.3 is 5.97 Å². The third-order valence-electron chi connectivity index (χ3n) is 4.91. The highest BCUT2D eigenvalue weighted by molar-refractivity contribution is 7.39. The maximum absolute atomic E-state index is 13.6. The standard InChI is InChI=1S/C25H26FN2O5P/c1-17(2)24-22(9-6-14-33-34(32)16-21(29)15-23(30)31)25(18-10-12-19(26)13-11-18)28(27-24)20-7-4-3-5-8-20/h3-5,7-8,10-13,17,21,29,34H,14-16H2,1-2H3,(H,30,31). The molecular formula is C25H26FN2O5P. The van der Waals surface area contributed by atoms with E-state index in [-0.39, 0.29) is 24.5 Å². The number of carbonyl (C=O) groups is 1. The number of halogens is 1. The molecule has 3 rings (SSSR count). The molecule has 1 heterocycles. The molecule has 0 amide bonds. The Bertz CT molecular complexity index is 1210. The van der Waals surface area contributed by atoms with Crippen molar-refractivity contribution < 1.29 is 28.5 Å². The number of aliphatic carboxylic acids is 1. The van der Waals surface area contributed by atoms with Gasteiger partial charge in [0, 0.05) is 11.7 Å². The van der Waals surface area contributed by atoms with E-state index in [1.807, 2.05) is 44.2 Å². The van der Waals surface area contributed by atoms with Crippen molar-refractivity contribution in [3.05, 3.63) is 71.7 Å². The normalized spacial score (nSPS) is 12.7. The number of para-hydroxylation sites is 1. The Hall–Kier alpha value is -3.24. The molecule has 2 aromatic carbocycles. The molecular weight excluding hydrogens is 458 g/mol. The Labute approximate surface area is 198 Å². The minimum atomic E-state index is -2.65. The van der Waals surface area contributed by atoms with Gasteiger partial charge in [0.05, 0.1) is 35.2 Å². The molecule has 9 heteroatoms. The van der Waals surface area contributed by atoms with Crippen LogP contribution in [0.4, 0.5) is 4.39 Å². The van der Waals surface area contributed by atoms with Crippen LogP contribution in [0.2, 0.25) is 0 Å². The first kappa shape index (κ1) is 25.4. The van der Waals surface area contributed by atoms with Gasteiger partial charge < -0.3 is 14.7 Å². The van der Waals surface area contributed by atoms with Gasteiger partial charge in [-0.2, -0.15) is 5.10 Å². The second kappa shape index (κ2) is 11.8. The Morgan fingerprint density at radius 2 is 1.85 bits per heavy atom. The third-order valence-corrected chi connectivity index (χ3v) is 6.18. The van der Waals surface area contributed by atoms with Crippen LogP contribution in [0.5, 0.6) is 0 Å². The number of benzene rings is 2. The van der Waals surface area contributed by atoms with Gasteiger partial charge in [0.15, 0.2) is 8.03 Å². The minimum absolute atomic E-state index is 0.0414. The van der Waals surface area contributed by atoms with Crippen LogP contribution in [0.15, 0.2) is 54.6 Å². The summed E-state index contributed by atoms with van der Waals surface area (Å²) in [6.45, 7) is 3.83. The molecule has 0 aliphatic carbocycles. The Balaban J connectivity index is 1.94. The molecule has 178 valence electrons. The fourth-order valence-corrected chi connectivity index (χ4v) is 4.24. The van der Waals surface area contributed by atoms with Crippen molar-refractivity contribution in [1.82, 2.24) is 9.78 Å². The zero-order chi connectivity index (χ0) is 24.7. The topological polar surface area (TPSA) is 102 Å². The number of nitrogens with zero attached hydrogens (tertiary/aromatic N) is 2. The lowest BCUT2D eigenvalue weighted by Crippen LogP contribution is -2.15. The van der Waals surface area contributed by atoms with E-state index in [1.54, 1.807) is 16.8 Å². The third kappa shape index (κ3) is 6.64. The van der Waals surface area contributed by atoms with Crippen LogP contribution < -0.4 is 0 Å². The van der Waals surface area contributed by atoms with Crippen LogP contribution in [0.3, 0.4) is 0 Å². The van der Waals surface area contributed by atoms with E-state index in [2.05, 4.69) is 11.8 Å². The summed E-state index contributed by atoms with van der Waals surface area (Å²) in [5.74, 6) is 4.45. The maximum Gasteiger partial charge on any atom is 0.305 e. The Kier molecular flexibility index (Phi) is 8.78. The van der Waals surface area contributed by atoms with E-state index < -0.39 is 26.5 Å². The summed E-state index contributed by atoms with van der Waals surface area (Å²) in [6, 6.07) is 15.6. The van der Waals surface area contributed by atoms with E-state index in [1.165, 1.54) is 12.1 Å². The summed E-state index contributed by atoms with van der Waals surface area (Å²) in [5.41, 5.74) is 3.66. The number of hydrogen-bond donors (Lipinski definition) is 2. The van der Waals surface area contributed by atoms with Gasteiger partial charge in [0.2, 0.25) is 0 Å². The molecule has 2 unspecified atom stereocenters. The number of aliphatic hydroxyl groups excluding tert-OH is 1. The molecule has 3 aromatic rings. The molecule has 0 saturated heterocycles. The summed E-state index contributed by atoms with van der Waals surface area (Å²) < 4.78 is 32.6. The monoisotopic (exact) mass is 484 g/mol. The number of carboxylic acid groups (broad SMARTS) is 1. The van der Waals surface area contributed by atoms with Crippen molar-refractivity contribution in [3.8, 4) is 28.8 Å². The lowest BCUT2D eigenvalue weighted by atomic mass is 10.0. The molecule has 0 fully saturated rings. The van der Waals surface area contributed by atoms with Crippen molar-refractivity contribution in [2.45, 2.75) is 32.3 Å². The van der Waals surface area contributed by atoms with Crippen molar-refractivity contribution in [2.24, 2.45) is 0 Å². The number of aromatic nitrogens is 2. The molecule has 1 aromatic heterocycles. The van der Waals surface area contributed by atoms with Crippen molar-refractivity contribution in [2.75, 3.05) is 12.8 Å². The predicted octanol–water partition coefficient (Wildman–Crippen LogP) is 4.48. The Morgan fingerprint density at radius 1 is 1.18 bits per heavy atom. The number of aliphatic hydroxyl groups is 1. The zero-order valence-electron chi connectivity index (χ0n) is 18.9. The van der Waals surface area contributed by atoms with Gasteiger partial charge in [0.1, 0.15) is 12.4 Å². The minimum Gasteiger partial charge on any atom is -0.481 e. The highest BCUT2D eigenvalue weighted by Crippen LogP contribution is 2.32.